The molecular weight excluding hydrogens is 350 g/mol. The van der Waals surface area contributed by atoms with Gasteiger partial charge in [0.2, 0.25) is 0 Å². The first-order valence-electron chi connectivity index (χ1n) is 9.03. The van der Waals surface area contributed by atoms with Crippen LogP contribution < -0.4 is 10.1 Å². The molecule has 4 aromatic rings. The maximum Gasteiger partial charge on any atom is 0.270 e. The molecule has 0 atom stereocenters. The van der Waals surface area contributed by atoms with E-state index in [1.807, 2.05) is 60.7 Å². The van der Waals surface area contributed by atoms with E-state index < -0.39 is 0 Å². The summed E-state index contributed by atoms with van der Waals surface area (Å²) in [5.41, 5.74) is 3.96. The van der Waals surface area contributed by atoms with E-state index in [0.29, 0.717) is 24.4 Å². The largest absolute Gasteiger partial charge is 0.489 e. The van der Waals surface area contributed by atoms with Gasteiger partial charge in [-0.05, 0) is 47.5 Å². The van der Waals surface area contributed by atoms with Crippen LogP contribution >= 0.6 is 0 Å². The lowest BCUT2D eigenvalue weighted by Gasteiger charge is -2.08. The van der Waals surface area contributed by atoms with Gasteiger partial charge in [-0.1, -0.05) is 42.5 Å². The number of nitrogens with one attached hydrogen (secondary N) is 1. The minimum atomic E-state index is -0.213. The van der Waals surface area contributed by atoms with Crippen LogP contribution in [0.3, 0.4) is 0 Å². The van der Waals surface area contributed by atoms with Crippen molar-refractivity contribution in [3.8, 4) is 5.75 Å². The maximum absolute atomic E-state index is 12.4. The Morgan fingerprint density at radius 1 is 0.821 bits per heavy atom. The monoisotopic (exact) mass is 369 g/mol. The summed E-state index contributed by atoms with van der Waals surface area (Å²) < 4.78 is 5.78. The first kappa shape index (κ1) is 17.7. The fraction of sp³-hybridized carbons (Fsp3) is 0.0870. The van der Waals surface area contributed by atoms with Crippen molar-refractivity contribution in [2.45, 2.75) is 13.2 Å². The smallest absolute Gasteiger partial charge is 0.270 e. The van der Waals surface area contributed by atoms with Gasteiger partial charge < -0.3 is 10.1 Å². The van der Waals surface area contributed by atoms with Crippen molar-refractivity contribution < 1.29 is 9.53 Å². The number of fused-ring (bicyclic) bond motifs is 1. The van der Waals surface area contributed by atoms with Gasteiger partial charge in [-0.25, -0.2) is 4.98 Å². The van der Waals surface area contributed by atoms with Crippen molar-refractivity contribution in [1.82, 2.24) is 15.3 Å². The van der Waals surface area contributed by atoms with Crippen molar-refractivity contribution in [2.75, 3.05) is 0 Å². The third kappa shape index (κ3) is 4.32. The lowest BCUT2D eigenvalue weighted by atomic mass is 10.2. The van der Waals surface area contributed by atoms with Crippen molar-refractivity contribution in [2.24, 2.45) is 0 Å². The van der Waals surface area contributed by atoms with Crippen LogP contribution in [0.25, 0.3) is 11.0 Å². The third-order valence-electron chi connectivity index (χ3n) is 4.31. The number of aromatic nitrogens is 2. The summed E-state index contributed by atoms with van der Waals surface area (Å²) in [5.74, 6) is 0.581. The minimum Gasteiger partial charge on any atom is -0.489 e. The number of pyridine rings is 2. The lowest BCUT2D eigenvalue weighted by molar-refractivity contribution is 0.0946. The quantitative estimate of drug-likeness (QED) is 0.555. The summed E-state index contributed by atoms with van der Waals surface area (Å²) in [5, 5.41) is 2.89. The van der Waals surface area contributed by atoms with Crippen LogP contribution in [0.4, 0.5) is 0 Å². The van der Waals surface area contributed by atoms with Crippen molar-refractivity contribution in [3.05, 3.63) is 102 Å². The first-order valence-corrected chi connectivity index (χ1v) is 9.03. The normalized spacial score (nSPS) is 10.6. The number of amides is 1. The van der Waals surface area contributed by atoms with Gasteiger partial charge in [0.25, 0.3) is 5.91 Å². The number of carbonyl (C=O) groups is 1. The zero-order valence-electron chi connectivity index (χ0n) is 15.2. The molecule has 2 aromatic carbocycles. The SMILES string of the molecule is O=C(NCc1ccc(OCc2ccccc2)cc1)c1ccc2ncccc2n1. The zero-order valence-corrected chi connectivity index (χ0v) is 15.2. The molecule has 28 heavy (non-hydrogen) atoms. The second-order valence-corrected chi connectivity index (χ2v) is 6.34. The van der Waals surface area contributed by atoms with E-state index in [4.69, 9.17) is 4.74 Å². The van der Waals surface area contributed by atoms with E-state index in [1.165, 1.54) is 0 Å². The second-order valence-electron chi connectivity index (χ2n) is 6.34. The number of rotatable bonds is 6. The molecule has 2 heterocycles. The Morgan fingerprint density at radius 3 is 2.46 bits per heavy atom. The minimum absolute atomic E-state index is 0.213. The summed E-state index contributed by atoms with van der Waals surface area (Å²) in [6.07, 6.45) is 1.71. The van der Waals surface area contributed by atoms with Crippen LogP contribution in [-0.4, -0.2) is 15.9 Å². The van der Waals surface area contributed by atoms with Gasteiger partial charge >= 0.3 is 0 Å². The summed E-state index contributed by atoms with van der Waals surface area (Å²) in [6.45, 7) is 0.948. The van der Waals surface area contributed by atoms with Gasteiger partial charge in [-0.3, -0.25) is 9.78 Å². The van der Waals surface area contributed by atoms with Gasteiger partial charge in [0, 0.05) is 12.7 Å². The zero-order chi connectivity index (χ0) is 19.2. The molecule has 5 heteroatoms. The average Bonchev–Trinajstić information content (AvgIpc) is 2.77. The number of carbonyl (C=O) groups excluding carboxylic acids is 1. The van der Waals surface area contributed by atoms with Crippen molar-refractivity contribution in [1.29, 1.82) is 0 Å². The van der Waals surface area contributed by atoms with Gasteiger partial charge in [0.1, 0.15) is 18.1 Å². The summed E-state index contributed by atoms with van der Waals surface area (Å²) >= 11 is 0. The average molecular weight is 369 g/mol. The molecule has 0 bridgehead atoms. The molecule has 0 aliphatic rings. The molecule has 1 amide bonds. The molecule has 0 aliphatic heterocycles. The Balaban J connectivity index is 1.33. The molecule has 1 N–H and O–H groups in total. The summed E-state index contributed by atoms with van der Waals surface area (Å²) in [6, 6.07) is 24.9. The van der Waals surface area contributed by atoms with E-state index in [9.17, 15) is 4.79 Å². The maximum atomic E-state index is 12.4. The second kappa shape index (κ2) is 8.31. The Bertz CT molecular complexity index is 1080. The van der Waals surface area contributed by atoms with Crippen LogP contribution in [0.5, 0.6) is 5.75 Å². The number of hydrogen-bond acceptors (Lipinski definition) is 4. The molecule has 0 spiro atoms. The summed E-state index contributed by atoms with van der Waals surface area (Å²) in [7, 11) is 0. The van der Waals surface area contributed by atoms with E-state index in [1.54, 1.807) is 24.4 Å². The Morgan fingerprint density at radius 2 is 1.64 bits per heavy atom. The molecule has 138 valence electrons. The molecule has 0 fully saturated rings. The number of nitrogens with zero attached hydrogens (tertiary/aromatic N) is 2. The van der Waals surface area contributed by atoms with Crippen LogP contribution in [0.15, 0.2) is 85.1 Å². The van der Waals surface area contributed by atoms with E-state index >= 15 is 0 Å². The van der Waals surface area contributed by atoms with Gasteiger partial charge in [0.15, 0.2) is 0 Å². The topological polar surface area (TPSA) is 64.1 Å². The first-order chi connectivity index (χ1) is 13.8. The van der Waals surface area contributed by atoms with Gasteiger partial charge in [0.05, 0.1) is 11.0 Å². The highest BCUT2D eigenvalue weighted by Gasteiger charge is 2.08. The Kier molecular flexibility index (Phi) is 5.24. The standard InChI is InChI=1S/C23H19N3O2/c27-23(22-13-12-20-21(26-22)7-4-14-24-20)25-15-17-8-10-19(11-9-17)28-16-18-5-2-1-3-6-18/h1-14H,15-16H2,(H,25,27). The van der Waals surface area contributed by atoms with Crippen LogP contribution in [0.2, 0.25) is 0 Å². The molecule has 0 aliphatic carbocycles. The highest BCUT2D eigenvalue weighted by atomic mass is 16.5. The highest BCUT2D eigenvalue weighted by molar-refractivity contribution is 5.94. The molecule has 0 saturated heterocycles. The Labute approximate surface area is 163 Å². The van der Waals surface area contributed by atoms with Gasteiger partial charge in [-0.15, -0.1) is 0 Å². The molecule has 4 rings (SSSR count). The van der Waals surface area contributed by atoms with Gasteiger partial charge in [-0.2, -0.15) is 0 Å². The predicted molar refractivity (Wildman–Crippen MR) is 108 cm³/mol. The molecule has 0 saturated carbocycles. The van der Waals surface area contributed by atoms with Crippen LogP contribution in [0.1, 0.15) is 21.6 Å². The van der Waals surface area contributed by atoms with E-state index in [-0.39, 0.29) is 5.91 Å². The lowest BCUT2D eigenvalue weighted by Crippen LogP contribution is -2.23. The fourth-order valence-electron chi connectivity index (χ4n) is 2.80. The molecule has 2 aromatic heterocycles. The third-order valence-corrected chi connectivity index (χ3v) is 4.31. The molecule has 0 unspecified atom stereocenters. The Hall–Kier alpha value is -3.73. The van der Waals surface area contributed by atoms with Crippen molar-refractivity contribution in [3.63, 3.8) is 0 Å². The number of hydrogen-bond donors (Lipinski definition) is 1. The number of benzene rings is 2. The van der Waals surface area contributed by atoms with Crippen molar-refractivity contribution >= 4 is 16.9 Å². The predicted octanol–water partition coefficient (Wildman–Crippen LogP) is 4.14. The van der Waals surface area contributed by atoms with E-state index in [0.717, 1.165) is 22.4 Å². The molecule has 0 radical (unpaired) electrons. The molecule has 5 nitrogen and oxygen atoms in total. The fourth-order valence-corrected chi connectivity index (χ4v) is 2.80. The molecular formula is C23H19N3O2. The van der Waals surface area contributed by atoms with Crippen LogP contribution in [-0.2, 0) is 13.2 Å². The number of ether oxygens (including phenoxy) is 1. The van der Waals surface area contributed by atoms with Crippen LogP contribution in [0, 0.1) is 0 Å². The highest BCUT2D eigenvalue weighted by Crippen LogP contribution is 2.14. The summed E-state index contributed by atoms with van der Waals surface area (Å²) in [4.78, 5) is 20.9. The van der Waals surface area contributed by atoms with E-state index in [2.05, 4.69) is 15.3 Å².